The summed E-state index contributed by atoms with van der Waals surface area (Å²) in [5.74, 6) is -1.60. The number of carboxylic acids is 1. The Balaban J connectivity index is 1.82. The van der Waals surface area contributed by atoms with Gasteiger partial charge in [0.25, 0.3) is 0 Å². The van der Waals surface area contributed by atoms with Gasteiger partial charge in [0, 0.05) is 29.0 Å². The van der Waals surface area contributed by atoms with E-state index in [0.29, 0.717) is 17.2 Å². The third kappa shape index (κ3) is 5.81. The van der Waals surface area contributed by atoms with E-state index in [0.717, 1.165) is 5.56 Å². The van der Waals surface area contributed by atoms with Gasteiger partial charge in [-0.05, 0) is 38.3 Å². The fraction of sp³-hybridized carbons (Fsp3) is 0.583. The maximum Gasteiger partial charge on any atom is 0.326 e. The first-order chi connectivity index (χ1) is 15.6. The quantitative estimate of drug-likeness (QED) is 0.595. The number of likely N-dealkylation sites (tertiary alicyclic amines) is 1. The summed E-state index contributed by atoms with van der Waals surface area (Å²) < 4.78 is 0. The number of hydrogen-bond acceptors (Lipinski definition) is 5. The maximum absolute atomic E-state index is 13.7. The SMILES string of the molecule is CC(C)(C)NC(=O)N[C@H](C(=O)N1C[C@@]2(CC(c3cccc(Cl)c3)=NO2)C[C@H]1C(=O)O)C(C)(C)C. The number of hydrogen-bond donors (Lipinski definition) is 3. The second-order valence-electron chi connectivity index (χ2n) is 11.2. The van der Waals surface area contributed by atoms with Crippen molar-refractivity contribution in [1.82, 2.24) is 15.5 Å². The van der Waals surface area contributed by atoms with Crippen LogP contribution >= 0.6 is 11.6 Å². The van der Waals surface area contributed by atoms with Gasteiger partial charge in [-0.25, -0.2) is 9.59 Å². The van der Waals surface area contributed by atoms with Crippen molar-refractivity contribution >= 4 is 35.2 Å². The number of carbonyl (C=O) groups is 3. The molecular weight excluding hydrogens is 460 g/mol. The highest BCUT2D eigenvalue weighted by molar-refractivity contribution is 6.31. The minimum absolute atomic E-state index is 0.0471. The van der Waals surface area contributed by atoms with Crippen LogP contribution in [0.4, 0.5) is 4.79 Å². The summed E-state index contributed by atoms with van der Waals surface area (Å²) in [6.07, 6.45) is 0.436. The third-order valence-corrected chi connectivity index (χ3v) is 6.08. The lowest BCUT2D eigenvalue weighted by atomic mass is 9.85. The molecule has 0 aliphatic carbocycles. The highest BCUT2D eigenvalue weighted by atomic mass is 35.5. The van der Waals surface area contributed by atoms with Crippen molar-refractivity contribution in [2.75, 3.05) is 6.54 Å². The van der Waals surface area contributed by atoms with Crippen LogP contribution in [0.15, 0.2) is 29.4 Å². The van der Waals surface area contributed by atoms with Crippen molar-refractivity contribution in [3.8, 4) is 0 Å². The van der Waals surface area contributed by atoms with E-state index in [1.54, 1.807) is 18.2 Å². The average Bonchev–Trinajstić information content (AvgIpc) is 3.28. The molecule has 0 unspecified atom stereocenters. The molecule has 10 heteroatoms. The van der Waals surface area contributed by atoms with E-state index < -0.39 is 46.5 Å². The lowest BCUT2D eigenvalue weighted by Crippen LogP contribution is -2.60. The van der Waals surface area contributed by atoms with Gasteiger partial charge in [0.15, 0.2) is 5.60 Å². The lowest BCUT2D eigenvalue weighted by molar-refractivity contribution is -0.150. The Morgan fingerprint density at radius 2 is 1.91 bits per heavy atom. The zero-order valence-corrected chi connectivity index (χ0v) is 21.2. The summed E-state index contributed by atoms with van der Waals surface area (Å²) in [4.78, 5) is 45.4. The number of oxime groups is 1. The third-order valence-electron chi connectivity index (χ3n) is 5.84. The predicted molar refractivity (Wildman–Crippen MR) is 129 cm³/mol. The van der Waals surface area contributed by atoms with Crippen LogP contribution in [0.5, 0.6) is 0 Å². The van der Waals surface area contributed by atoms with Crippen LogP contribution in [0, 0.1) is 5.41 Å². The molecule has 0 radical (unpaired) electrons. The Bertz CT molecular complexity index is 1010. The minimum Gasteiger partial charge on any atom is -0.480 e. The van der Waals surface area contributed by atoms with Gasteiger partial charge in [-0.2, -0.15) is 0 Å². The number of carbonyl (C=O) groups excluding carboxylic acids is 2. The molecule has 1 saturated heterocycles. The number of rotatable bonds is 4. The molecular formula is C24H33ClN4O5. The van der Waals surface area contributed by atoms with Gasteiger partial charge in [-0.3, -0.25) is 4.79 Å². The second kappa shape index (κ2) is 9.09. The summed E-state index contributed by atoms with van der Waals surface area (Å²) in [5, 5.41) is 20.2. The van der Waals surface area contributed by atoms with Crippen LogP contribution < -0.4 is 10.6 Å². The first-order valence-corrected chi connectivity index (χ1v) is 11.6. The Labute approximate surface area is 204 Å². The molecule has 1 aromatic rings. The molecule has 186 valence electrons. The van der Waals surface area contributed by atoms with E-state index in [1.165, 1.54) is 4.90 Å². The number of halogens is 1. The Morgan fingerprint density at radius 1 is 1.24 bits per heavy atom. The van der Waals surface area contributed by atoms with Crippen LogP contribution in [0.2, 0.25) is 5.02 Å². The smallest absolute Gasteiger partial charge is 0.326 e. The van der Waals surface area contributed by atoms with Crippen molar-refractivity contribution in [3.63, 3.8) is 0 Å². The largest absolute Gasteiger partial charge is 0.480 e. The summed E-state index contributed by atoms with van der Waals surface area (Å²) in [5.41, 5.74) is -0.677. The van der Waals surface area contributed by atoms with Gasteiger partial charge in [0.2, 0.25) is 5.91 Å². The molecule has 1 spiro atoms. The molecule has 34 heavy (non-hydrogen) atoms. The molecule has 2 aliphatic rings. The first kappa shape index (κ1) is 25.8. The van der Waals surface area contributed by atoms with Crippen molar-refractivity contribution in [2.24, 2.45) is 10.6 Å². The van der Waals surface area contributed by atoms with Gasteiger partial charge < -0.3 is 25.5 Å². The second-order valence-corrected chi connectivity index (χ2v) is 11.6. The molecule has 0 saturated carbocycles. The summed E-state index contributed by atoms with van der Waals surface area (Å²) in [6.45, 7) is 11.0. The zero-order valence-electron chi connectivity index (χ0n) is 20.4. The topological polar surface area (TPSA) is 120 Å². The standard InChI is InChI=1S/C24H33ClN4O5/c1-22(2,3)18(26-21(33)27-23(4,5)6)19(30)29-13-24(12-17(29)20(31)32)11-16(28-34-24)14-8-7-9-15(25)10-14/h7-10,17-18H,11-13H2,1-6H3,(H,31,32)(H2,26,27,33)/t17-,18+,24+/m0/s1. The maximum atomic E-state index is 13.7. The van der Waals surface area contributed by atoms with Gasteiger partial charge in [-0.15, -0.1) is 0 Å². The minimum atomic E-state index is -1.13. The molecule has 3 rings (SSSR count). The van der Waals surface area contributed by atoms with Gasteiger partial charge in [0.05, 0.1) is 12.3 Å². The van der Waals surface area contributed by atoms with Crippen molar-refractivity contribution < 1.29 is 24.3 Å². The summed E-state index contributed by atoms with van der Waals surface area (Å²) in [7, 11) is 0. The molecule has 0 bridgehead atoms. The Hall–Kier alpha value is -2.81. The van der Waals surface area contributed by atoms with E-state index >= 15 is 0 Å². The van der Waals surface area contributed by atoms with Crippen LogP contribution in [-0.2, 0) is 14.4 Å². The molecule has 9 nitrogen and oxygen atoms in total. The van der Waals surface area contributed by atoms with Crippen molar-refractivity contribution in [1.29, 1.82) is 0 Å². The molecule has 3 N–H and O–H groups in total. The van der Waals surface area contributed by atoms with Crippen molar-refractivity contribution in [2.45, 2.75) is 77.6 Å². The van der Waals surface area contributed by atoms with Gasteiger partial charge in [-0.1, -0.05) is 49.7 Å². The molecule has 3 amide bonds. The first-order valence-electron chi connectivity index (χ1n) is 11.2. The normalized spacial score (nSPS) is 23.3. The van der Waals surface area contributed by atoms with E-state index in [4.69, 9.17) is 16.4 Å². The number of amides is 3. The van der Waals surface area contributed by atoms with Crippen molar-refractivity contribution in [3.05, 3.63) is 34.9 Å². The number of urea groups is 1. The molecule has 1 fully saturated rings. The van der Waals surface area contributed by atoms with Crippen LogP contribution in [0.25, 0.3) is 0 Å². The van der Waals surface area contributed by atoms with Gasteiger partial charge >= 0.3 is 12.0 Å². The molecule has 0 aromatic heterocycles. The Morgan fingerprint density at radius 3 is 2.47 bits per heavy atom. The van der Waals surface area contributed by atoms with E-state index in [9.17, 15) is 19.5 Å². The zero-order chi connectivity index (χ0) is 25.5. The monoisotopic (exact) mass is 492 g/mol. The fourth-order valence-electron chi connectivity index (χ4n) is 4.26. The van der Waals surface area contributed by atoms with Crippen LogP contribution in [-0.4, -0.2) is 63.4 Å². The Kier molecular flexibility index (Phi) is 6.90. The molecule has 2 heterocycles. The highest BCUT2D eigenvalue weighted by Gasteiger charge is 2.55. The number of nitrogens with zero attached hydrogens (tertiary/aromatic N) is 2. The highest BCUT2D eigenvalue weighted by Crippen LogP contribution is 2.40. The lowest BCUT2D eigenvalue weighted by Gasteiger charge is -2.35. The number of benzene rings is 1. The summed E-state index contributed by atoms with van der Waals surface area (Å²) >= 11 is 6.10. The number of nitrogens with one attached hydrogen (secondary N) is 2. The number of carboxylic acid groups (broad SMARTS) is 1. The summed E-state index contributed by atoms with van der Waals surface area (Å²) in [6, 6.07) is 4.64. The molecule has 2 aliphatic heterocycles. The van der Waals surface area contributed by atoms with Crippen LogP contribution in [0.3, 0.4) is 0 Å². The predicted octanol–water partition coefficient (Wildman–Crippen LogP) is 3.40. The average molecular weight is 493 g/mol. The van der Waals surface area contributed by atoms with Crippen LogP contribution in [0.1, 0.15) is 59.9 Å². The molecule has 3 atom stereocenters. The van der Waals surface area contributed by atoms with E-state index in [-0.39, 0.29) is 13.0 Å². The molecule has 1 aromatic carbocycles. The number of aliphatic carboxylic acids is 1. The fourth-order valence-corrected chi connectivity index (χ4v) is 4.45. The van der Waals surface area contributed by atoms with E-state index in [2.05, 4.69) is 15.8 Å². The van der Waals surface area contributed by atoms with E-state index in [1.807, 2.05) is 47.6 Å². The van der Waals surface area contributed by atoms with Gasteiger partial charge in [0.1, 0.15) is 12.1 Å².